The lowest BCUT2D eigenvalue weighted by Gasteiger charge is -2.31. The molecule has 0 amide bonds. The third kappa shape index (κ3) is 3.41. The highest BCUT2D eigenvalue weighted by Crippen LogP contribution is 2.37. The molecule has 0 aromatic heterocycles. The maximum absolute atomic E-state index is 6.47. The molecular formula is C16H25NO2. The van der Waals surface area contributed by atoms with Crippen LogP contribution in [0.25, 0.3) is 0 Å². The summed E-state index contributed by atoms with van der Waals surface area (Å²) >= 11 is 0. The van der Waals surface area contributed by atoms with E-state index in [1.165, 1.54) is 25.7 Å². The van der Waals surface area contributed by atoms with Crippen LogP contribution in [-0.2, 0) is 0 Å². The smallest absolute Gasteiger partial charge is 0.122 e. The summed E-state index contributed by atoms with van der Waals surface area (Å²) in [6, 6.07) is 6.03. The number of nitrogens with two attached hydrogens (primary N) is 1. The summed E-state index contributed by atoms with van der Waals surface area (Å²) in [4.78, 5) is 0. The molecule has 1 saturated carbocycles. The monoisotopic (exact) mass is 263 g/mol. The minimum atomic E-state index is 0.0757. The molecule has 1 aromatic rings. The van der Waals surface area contributed by atoms with Crippen LogP contribution in [0.4, 0.5) is 0 Å². The van der Waals surface area contributed by atoms with E-state index in [9.17, 15) is 0 Å². The van der Waals surface area contributed by atoms with Crippen molar-refractivity contribution in [3.8, 4) is 11.5 Å². The molecule has 1 aliphatic carbocycles. The van der Waals surface area contributed by atoms with Gasteiger partial charge in [0.1, 0.15) is 11.5 Å². The fraction of sp³-hybridized carbons (Fsp3) is 0.625. The third-order valence-corrected chi connectivity index (χ3v) is 4.24. The molecule has 0 aliphatic heterocycles. The maximum Gasteiger partial charge on any atom is 0.122 e. The van der Waals surface area contributed by atoms with Gasteiger partial charge in [0.05, 0.1) is 14.2 Å². The van der Waals surface area contributed by atoms with Crippen molar-refractivity contribution in [3.05, 3.63) is 23.8 Å². The van der Waals surface area contributed by atoms with Gasteiger partial charge < -0.3 is 15.2 Å². The molecule has 2 N–H and O–H groups in total. The molecule has 3 nitrogen and oxygen atoms in total. The standard InChI is InChI=1S/C16H25NO2/c1-11-5-4-6-12(7-11)16(17)13-8-14(18-2)10-15(9-13)19-3/h8-12,16H,4-7,17H2,1-3H3. The molecule has 0 saturated heterocycles. The first kappa shape index (κ1) is 14.2. The lowest BCUT2D eigenvalue weighted by Crippen LogP contribution is -2.26. The third-order valence-electron chi connectivity index (χ3n) is 4.24. The van der Waals surface area contributed by atoms with Crippen molar-refractivity contribution in [3.63, 3.8) is 0 Å². The summed E-state index contributed by atoms with van der Waals surface area (Å²) in [6.07, 6.45) is 5.08. The zero-order valence-corrected chi connectivity index (χ0v) is 12.2. The second kappa shape index (κ2) is 6.29. The van der Waals surface area contributed by atoms with Gasteiger partial charge in [-0.25, -0.2) is 0 Å². The van der Waals surface area contributed by atoms with Crippen LogP contribution >= 0.6 is 0 Å². The van der Waals surface area contributed by atoms with Crippen molar-refractivity contribution in [2.24, 2.45) is 17.6 Å². The summed E-state index contributed by atoms with van der Waals surface area (Å²) in [5.41, 5.74) is 7.59. The Morgan fingerprint density at radius 3 is 2.26 bits per heavy atom. The molecule has 19 heavy (non-hydrogen) atoms. The van der Waals surface area contributed by atoms with Gasteiger partial charge in [-0.1, -0.05) is 19.8 Å². The van der Waals surface area contributed by atoms with Crippen LogP contribution in [0.5, 0.6) is 11.5 Å². The van der Waals surface area contributed by atoms with Gasteiger partial charge >= 0.3 is 0 Å². The lowest BCUT2D eigenvalue weighted by molar-refractivity contribution is 0.247. The molecule has 2 rings (SSSR count). The molecule has 1 fully saturated rings. The quantitative estimate of drug-likeness (QED) is 0.903. The summed E-state index contributed by atoms with van der Waals surface area (Å²) < 4.78 is 10.6. The fourth-order valence-electron chi connectivity index (χ4n) is 3.10. The van der Waals surface area contributed by atoms with Crippen molar-refractivity contribution < 1.29 is 9.47 Å². The second-order valence-corrected chi connectivity index (χ2v) is 5.70. The first-order chi connectivity index (χ1) is 9.13. The number of methoxy groups -OCH3 is 2. The van der Waals surface area contributed by atoms with Gasteiger partial charge in [0.15, 0.2) is 0 Å². The summed E-state index contributed by atoms with van der Waals surface area (Å²) in [6.45, 7) is 2.32. The highest BCUT2D eigenvalue weighted by molar-refractivity contribution is 5.40. The summed E-state index contributed by atoms with van der Waals surface area (Å²) in [5.74, 6) is 2.99. The Labute approximate surface area is 116 Å². The van der Waals surface area contributed by atoms with E-state index in [0.29, 0.717) is 5.92 Å². The van der Waals surface area contributed by atoms with E-state index in [1.807, 2.05) is 18.2 Å². The molecule has 0 heterocycles. The van der Waals surface area contributed by atoms with Crippen LogP contribution in [0.3, 0.4) is 0 Å². The van der Waals surface area contributed by atoms with Crippen LogP contribution in [0.1, 0.15) is 44.2 Å². The molecule has 3 atom stereocenters. The van der Waals surface area contributed by atoms with E-state index in [0.717, 1.165) is 23.0 Å². The zero-order chi connectivity index (χ0) is 13.8. The van der Waals surface area contributed by atoms with Crippen molar-refractivity contribution in [1.82, 2.24) is 0 Å². The minimum absolute atomic E-state index is 0.0757. The van der Waals surface area contributed by atoms with E-state index in [2.05, 4.69) is 6.92 Å². The fourth-order valence-corrected chi connectivity index (χ4v) is 3.10. The van der Waals surface area contributed by atoms with Crippen molar-refractivity contribution in [2.75, 3.05) is 14.2 Å². The van der Waals surface area contributed by atoms with Gasteiger partial charge in [0.25, 0.3) is 0 Å². The van der Waals surface area contributed by atoms with Crippen LogP contribution < -0.4 is 15.2 Å². The highest BCUT2D eigenvalue weighted by atomic mass is 16.5. The first-order valence-electron chi connectivity index (χ1n) is 7.12. The van der Waals surface area contributed by atoms with Crippen LogP contribution in [0.2, 0.25) is 0 Å². The lowest BCUT2D eigenvalue weighted by atomic mass is 9.77. The van der Waals surface area contributed by atoms with Crippen molar-refractivity contribution >= 4 is 0 Å². The molecule has 0 spiro atoms. The highest BCUT2D eigenvalue weighted by Gasteiger charge is 2.25. The predicted octanol–water partition coefficient (Wildman–Crippen LogP) is 3.53. The number of hydrogen-bond donors (Lipinski definition) is 1. The van der Waals surface area contributed by atoms with E-state index >= 15 is 0 Å². The molecule has 106 valence electrons. The molecule has 1 aromatic carbocycles. The van der Waals surface area contributed by atoms with Crippen LogP contribution in [-0.4, -0.2) is 14.2 Å². The van der Waals surface area contributed by atoms with Gasteiger partial charge in [-0.15, -0.1) is 0 Å². The minimum Gasteiger partial charge on any atom is -0.497 e. The van der Waals surface area contributed by atoms with Gasteiger partial charge in [0.2, 0.25) is 0 Å². The Morgan fingerprint density at radius 2 is 1.74 bits per heavy atom. The van der Waals surface area contributed by atoms with E-state index < -0.39 is 0 Å². The van der Waals surface area contributed by atoms with Gasteiger partial charge in [0, 0.05) is 12.1 Å². The topological polar surface area (TPSA) is 44.5 Å². The maximum atomic E-state index is 6.47. The molecule has 0 radical (unpaired) electrons. The predicted molar refractivity (Wildman–Crippen MR) is 77.6 cm³/mol. The largest absolute Gasteiger partial charge is 0.497 e. The first-order valence-corrected chi connectivity index (χ1v) is 7.12. The van der Waals surface area contributed by atoms with Crippen LogP contribution in [0.15, 0.2) is 18.2 Å². The average molecular weight is 263 g/mol. The Kier molecular flexibility index (Phi) is 4.70. The summed E-state index contributed by atoms with van der Waals surface area (Å²) in [7, 11) is 3.35. The normalized spacial score (nSPS) is 24.8. The Bertz CT molecular complexity index is 397. The average Bonchev–Trinajstić information content (AvgIpc) is 2.45. The van der Waals surface area contributed by atoms with Crippen LogP contribution in [0, 0.1) is 11.8 Å². The summed E-state index contributed by atoms with van der Waals surface area (Å²) in [5, 5.41) is 0. The molecular weight excluding hydrogens is 238 g/mol. The van der Waals surface area contributed by atoms with E-state index in [4.69, 9.17) is 15.2 Å². The van der Waals surface area contributed by atoms with Crippen molar-refractivity contribution in [1.29, 1.82) is 0 Å². The Hall–Kier alpha value is -1.22. The molecule has 1 aliphatic rings. The number of hydrogen-bond acceptors (Lipinski definition) is 3. The SMILES string of the molecule is COc1cc(OC)cc(C(N)C2CCCC(C)C2)c1. The van der Waals surface area contributed by atoms with Gasteiger partial charge in [-0.05, 0) is 42.4 Å². The van der Waals surface area contributed by atoms with E-state index in [-0.39, 0.29) is 6.04 Å². The second-order valence-electron chi connectivity index (χ2n) is 5.70. The van der Waals surface area contributed by atoms with Crippen molar-refractivity contribution in [2.45, 2.75) is 38.6 Å². The molecule has 3 heteroatoms. The Balaban J connectivity index is 2.19. The number of rotatable bonds is 4. The number of ether oxygens (including phenoxy) is 2. The zero-order valence-electron chi connectivity index (χ0n) is 12.2. The molecule has 0 bridgehead atoms. The number of benzene rings is 1. The molecule has 3 unspecified atom stereocenters. The Morgan fingerprint density at radius 1 is 1.11 bits per heavy atom. The van der Waals surface area contributed by atoms with Gasteiger partial charge in [-0.3, -0.25) is 0 Å². The van der Waals surface area contributed by atoms with E-state index in [1.54, 1.807) is 14.2 Å². The van der Waals surface area contributed by atoms with Gasteiger partial charge in [-0.2, -0.15) is 0 Å².